The van der Waals surface area contributed by atoms with Crippen LogP contribution in [-0.4, -0.2) is 14.5 Å². The third-order valence-electron chi connectivity index (χ3n) is 3.32. The molecule has 1 aromatic rings. The predicted molar refractivity (Wildman–Crippen MR) is 83.0 cm³/mol. The Morgan fingerprint density at radius 3 is 2.25 bits per heavy atom. The van der Waals surface area contributed by atoms with Gasteiger partial charge in [-0.2, -0.15) is 0 Å². The molecule has 1 unspecified atom stereocenters. The molecule has 114 valence electrons. The molecule has 1 rings (SSSR count). The van der Waals surface area contributed by atoms with Gasteiger partial charge in [0.1, 0.15) is 0 Å². The first-order valence-electron chi connectivity index (χ1n) is 7.00. The van der Waals surface area contributed by atoms with Crippen molar-refractivity contribution in [2.45, 2.75) is 58.5 Å². The van der Waals surface area contributed by atoms with Gasteiger partial charge in [-0.05, 0) is 55.9 Å². The first kappa shape index (κ1) is 17.1. The molecule has 0 amide bonds. The maximum absolute atomic E-state index is 12.5. The lowest BCUT2D eigenvalue weighted by Crippen LogP contribution is -2.34. The van der Waals surface area contributed by atoms with Gasteiger partial charge < -0.3 is 5.73 Å². The second-order valence-electron chi connectivity index (χ2n) is 5.90. The molecule has 20 heavy (non-hydrogen) atoms. The molecule has 0 aromatic heterocycles. The largest absolute Gasteiger partial charge is 0.326 e. The summed E-state index contributed by atoms with van der Waals surface area (Å²) in [5.41, 5.74) is 8.31. The molecule has 4 nitrogen and oxygen atoms in total. The van der Waals surface area contributed by atoms with E-state index in [0.29, 0.717) is 17.4 Å². The van der Waals surface area contributed by atoms with E-state index in [0.717, 1.165) is 23.1 Å². The fraction of sp³-hybridized carbons (Fsp3) is 0.600. The van der Waals surface area contributed by atoms with Crippen LogP contribution in [0.1, 0.15) is 43.9 Å². The summed E-state index contributed by atoms with van der Waals surface area (Å²) in [4.78, 5) is 0.333. The quantitative estimate of drug-likeness (QED) is 0.847. The van der Waals surface area contributed by atoms with Gasteiger partial charge in [-0.15, -0.1) is 0 Å². The molecular formula is C15H26N2O2S. The Morgan fingerprint density at radius 1 is 1.15 bits per heavy atom. The van der Waals surface area contributed by atoms with Gasteiger partial charge in [-0.25, -0.2) is 13.1 Å². The van der Waals surface area contributed by atoms with Gasteiger partial charge in [0.05, 0.1) is 4.90 Å². The first-order valence-corrected chi connectivity index (χ1v) is 8.48. The molecule has 3 N–H and O–H groups in total. The van der Waals surface area contributed by atoms with Crippen molar-refractivity contribution in [2.24, 2.45) is 11.7 Å². The number of aryl methyl sites for hydroxylation is 2. The zero-order valence-electron chi connectivity index (χ0n) is 13.0. The molecule has 0 aliphatic carbocycles. The summed E-state index contributed by atoms with van der Waals surface area (Å²) in [5, 5.41) is 0. The molecule has 0 spiro atoms. The summed E-state index contributed by atoms with van der Waals surface area (Å²) >= 11 is 0. The standard InChI is InChI=1S/C15H26N2O2S/c1-10(2)6-13(5)17-20(18,19)15-8-14(9-16)11(3)7-12(15)4/h7-8,10,13,17H,6,9,16H2,1-5H3. The summed E-state index contributed by atoms with van der Waals surface area (Å²) in [5.74, 6) is 0.450. The lowest BCUT2D eigenvalue weighted by Gasteiger charge is -2.18. The van der Waals surface area contributed by atoms with Crippen molar-refractivity contribution in [3.05, 3.63) is 28.8 Å². The highest BCUT2D eigenvalue weighted by Crippen LogP contribution is 2.21. The maximum atomic E-state index is 12.5. The minimum atomic E-state index is -3.49. The molecule has 1 atom stereocenters. The third kappa shape index (κ3) is 4.30. The summed E-state index contributed by atoms with van der Waals surface area (Å²) in [7, 11) is -3.49. The summed E-state index contributed by atoms with van der Waals surface area (Å²) in [6.07, 6.45) is 0.813. The monoisotopic (exact) mass is 298 g/mol. The average molecular weight is 298 g/mol. The van der Waals surface area contributed by atoms with Crippen molar-refractivity contribution in [1.82, 2.24) is 4.72 Å². The van der Waals surface area contributed by atoms with Crippen molar-refractivity contribution < 1.29 is 8.42 Å². The van der Waals surface area contributed by atoms with Crippen LogP contribution >= 0.6 is 0 Å². The zero-order chi connectivity index (χ0) is 15.5. The lowest BCUT2D eigenvalue weighted by molar-refractivity contribution is 0.482. The van der Waals surface area contributed by atoms with Gasteiger partial charge in [-0.1, -0.05) is 19.9 Å². The predicted octanol–water partition coefficient (Wildman–Crippen LogP) is 2.48. The molecule has 0 saturated heterocycles. The van der Waals surface area contributed by atoms with Crippen LogP contribution < -0.4 is 10.5 Å². The molecule has 0 bridgehead atoms. The fourth-order valence-electron chi connectivity index (χ4n) is 2.47. The Balaban J connectivity index is 3.09. The number of hydrogen-bond acceptors (Lipinski definition) is 3. The van der Waals surface area contributed by atoms with Crippen molar-refractivity contribution in [3.63, 3.8) is 0 Å². The van der Waals surface area contributed by atoms with Crippen LogP contribution in [0.3, 0.4) is 0 Å². The van der Waals surface area contributed by atoms with E-state index in [1.807, 2.05) is 26.8 Å². The summed E-state index contributed by atoms with van der Waals surface area (Å²) in [6.45, 7) is 10.2. The number of rotatable bonds is 6. The van der Waals surface area contributed by atoms with E-state index in [-0.39, 0.29) is 6.04 Å². The van der Waals surface area contributed by atoms with Crippen LogP contribution in [0, 0.1) is 19.8 Å². The first-order chi connectivity index (χ1) is 9.17. The van der Waals surface area contributed by atoms with Crippen LogP contribution in [0.4, 0.5) is 0 Å². The second-order valence-corrected chi connectivity index (χ2v) is 7.58. The van der Waals surface area contributed by atoms with Gasteiger partial charge in [-0.3, -0.25) is 0 Å². The fourth-order valence-corrected chi connectivity index (χ4v) is 4.00. The van der Waals surface area contributed by atoms with Crippen LogP contribution in [0.5, 0.6) is 0 Å². The Hall–Kier alpha value is -0.910. The van der Waals surface area contributed by atoms with E-state index < -0.39 is 10.0 Å². The Labute approximate surface area is 122 Å². The lowest BCUT2D eigenvalue weighted by atomic mass is 10.1. The van der Waals surface area contributed by atoms with Crippen LogP contribution in [0.25, 0.3) is 0 Å². The van der Waals surface area contributed by atoms with E-state index in [9.17, 15) is 8.42 Å². The number of hydrogen-bond donors (Lipinski definition) is 2. The molecular weight excluding hydrogens is 272 g/mol. The number of nitrogens with one attached hydrogen (secondary N) is 1. The highest BCUT2D eigenvalue weighted by Gasteiger charge is 2.21. The Bertz CT molecular complexity index is 565. The SMILES string of the molecule is Cc1cc(C)c(S(=O)(=O)NC(C)CC(C)C)cc1CN. The number of nitrogens with two attached hydrogens (primary N) is 1. The number of benzene rings is 1. The molecule has 0 aliphatic heterocycles. The van der Waals surface area contributed by atoms with Crippen molar-refractivity contribution in [3.8, 4) is 0 Å². The average Bonchev–Trinajstić information content (AvgIpc) is 2.26. The van der Waals surface area contributed by atoms with E-state index in [4.69, 9.17) is 5.73 Å². The number of sulfonamides is 1. The Morgan fingerprint density at radius 2 is 1.75 bits per heavy atom. The van der Waals surface area contributed by atoms with E-state index >= 15 is 0 Å². The molecule has 5 heteroatoms. The summed E-state index contributed by atoms with van der Waals surface area (Å²) in [6, 6.07) is 3.49. The van der Waals surface area contributed by atoms with Gasteiger partial charge in [0, 0.05) is 12.6 Å². The normalized spacial score (nSPS) is 13.8. The Kier molecular flexibility index (Phi) is 5.74. The highest BCUT2D eigenvalue weighted by molar-refractivity contribution is 7.89. The zero-order valence-corrected chi connectivity index (χ0v) is 13.8. The van der Waals surface area contributed by atoms with Crippen LogP contribution in [0.15, 0.2) is 17.0 Å². The van der Waals surface area contributed by atoms with E-state index in [1.165, 1.54) is 0 Å². The minimum Gasteiger partial charge on any atom is -0.326 e. The molecule has 0 saturated carbocycles. The van der Waals surface area contributed by atoms with Crippen LogP contribution in [0.2, 0.25) is 0 Å². The van der Waals surface area contributed by atoms with Gasteiger partial charge in [0.15, 0.2) is 0 Å². The second kappa shape index (κ2) is 6.70. The molecule has 0 radical (unpaired) electrons. The van der Waals surface area contributed by atoms with Crippen molar-refractivity contribution in [1.29, 1.82) is 0 Å². The highest BCUT2D eigenvalue weighted by atomic mass is 32.2. The van der Waals surface area contributed by atoms with Crippen LogP contribution in [-0.2, 0) is 16.6 Å². The molecule has 1 aromatic carbocycles. The smallest absolute Gasteiger partial charge is 0.241 e. The van der Waals surface area contributed by atoms with Crippen molar-refractivity contribution in [2.75, 3.05) is 0 Å². The van der Waals surface area contributed by atoms with Gasteiger partial charge in [0.25, 0.3) is 0 Å². The van der Waals surface area contributed by atoms with Gasteiger partial charge in [0.2, 0.25) is 10.0 Å². The van der Waals surface area contributed by atoms with E-state index in [1.54, 1.807) is 6.07 Å². The third-order valence-corrected chi connectivity index (χ3v) is 5.06. The topological polar surface area (TPSA) is 72.2 Å². The van der Waals surface area contributed by atoms with E-state index in [2.05, 4.69) is 18.6 Å². The van der Waals surface area contributed by atoms with Crippen molar-refractivity contribution >= 4 is 10.0 Å². The minimum absolute atomic E-state index is 0.0815. The van der Waals surface area contributed by atoms with Gasteiger partial charge >= 0.3 is 0 Å². The molecule has 0 fully saturated rings. The molecule has 0 heterocycles. The summed E-state index contributed by atoms with van der Waals surface area (Å²) < 4.78 is 27.7. The maximum Gasteiger partial charge on any atom is 0.241 e. The molecule has 0 aliphatic rings.